The quantitative estimate of drug-likeness (QED) is 0.841. The Morgan fingerprint density at radius 1 is 1.00 bits per heavy atom. The highest BCUT2D eigenvalue weighted by atomic mass is 19.3. The van der Waals surface area contributed by atoms with Crippen LogP contribution < -0.4 is 10.1 Å². The van der Waals surface area contributed by atoms with Gasteiger partial charge in [0.05, 0.1) is 0 Å². The maximum atomic E-state index is 12.7. The van der Waals surface area contributed by atoms with Crippen molar-refractivity contribution in [2.75, 3.05) is 5.32 Å². The molecule has 1 amide bonds. The maximum Gasteiger partial charge on any atom is 0.461 e. The van der Waals surface area contributed by atoms with E-state index in [0.29, 0.717) is 11.3 Å². The molecule has 0 unspecified atom stereocenters. The van der Waals surface area contributed by atoms with Crippen molar-refractivity contribution in [1.29, 1.82) is 0 Å². The highest BCUT2D eigenvalue weighted by Crippen LogP contribution is 2.28. The molecular formula is C15H11F4NO2. The number of hydrogen-bond donors (Lipinski definition) is 1. The van der Waals surface area contributed by atoms with Crippen LogP contribution in [0.4, 0.5) is 23.2 Å². The second kappa shape index (κ2) is 6.46. The minimum atomic E-state index is -4.56. The fourth-order valence-electron chi connectivity index (χ4n) is 1.60. The molecule has 3 nitrogen and oxygen atoms in total. The van der Waals surface area contributed by atoms with Crippen LogP contribution in [0.15, 0.2) is 54.6 Å². The molecule has 0 bridgehead atoms. The van der Waals surface area contributed by atoms with Crippen LogP contribution in [-0.4, -0.2) is 18.4 Å². The number of carbonyl (C=O) groups excluding carboxylic acids is 1. The Morgan fingerprint density at radius 2 is 1.59 bits per heavy atom. The molecule has 7 heteroatoms. The molecule has 0 atom stereocenters. The number of hydrogen-bond acceptors (Lipinski definition) is 2. The van der Waals surface area contributed by atoms with Crippen LogP contribution in [0.5, 0.6) is 5.75 Å². The predicted molar refractivity (Wildman–Crippen MR) is 72.4 cm³/mol. The predicted octanol–water partition coefficient (Wildman–Crippen LogP) is 4.18. The van der Waals surface area contributed by atoms with Crippen molar-refractivity contribution in [3.63, 3.8) is 0 Å². The van der Waals surface area contributed by atoms with E-state index in [1.807, 2.05) is 0 Å². The average Bonchev–Trinajstić information content (AvgIpc) is 2.49. The molecular weight excluding hydrogens is 302 g/mol. The topological polar surface area (TPSA) is 38.3 Å². The molecule has 0 fully saturated rings. The van der Waals surface area contributed by atoms with Crippen molar-refractivity contribution in [3.05, 3.63) is 60.2 Å². The van der Waals surface area contributed by atoms with Crippen molar-refractivity contribution in [2.45, 2.75) is 12.5 Å². The van der Waals surface area contributed by atoms with E-state index in [4.69, 9.17) is 0 Å². The summed E-state index contributed by atoms with van der Waals surface area (Å²) in [5, 5.41) is 2.54. The zero-order valence-corrected chi connectivity index (χ0v) is 11.1. The molecule has 2 aromatic carbocycles. The Kier molecular flexibility index (Phi) is 4.65. The van der Waals surface area contributed by atoms with E-state index in [2.05, 4.69) is 10.1 Å². The van der Waals surface area contributed by atoms with Crippen molar-refractivity contribution in [2.24, 2.45) is 0 Å². The normalized spacial score (nSPS) is 11.3. The van der Waals surface area contributed by atoms with Crippen molar-refractivity contribution >= 4 is 11.6 Å². The maximum absolute atomic E-state index is 12.7. The van der Waals surface area contributed by atoms with Crippen LogP contribution in [0.1, 0.15) is 10.4 Å². The molecule has 0 aliphatic rings. The molecule has 0 spiro atoms. The summed E-state index contributed by atoms with van der Waals surface area (Å²) in [6.07, 6.45) is -8.49. The third kappa shape index (κ3) is 3.97. The number of alkyl halides is 4. The first-order valence-corrected chi connectivity index (χ1v) is 6.20. The summed E-state index contributed by atoms with van der Waals surface area (Å²) < 4.78 is 53.4. The summed E-state index contributed by atoms with van der Waals surface area (Å²) >= 11 is 0. The highest BCUT2D eigenvalue weighted by molar-refractivity contribution is 6.04. The Labute approximate surface area is 123 Å². The molecule has 0 heterocycles. The number of amides is 1. The van der Waals surface area contributed by atoms with E-state index < -0.39 is 18.3 Å². The van der Waals surface area contributed by atoms with Crippen LogP contribution in [0.2, 0.25) is 0 Å². The number of anilines is 1. The standard InChI is InChI=1S/C15H11F4NO2/c16-14(17)15(18,19)22-12-8-6-11(7-9-12)20-13(21)10-4-2-1-3-5-10/h1-9,14H,(H,20,21). The fourth-order valence-corrected chi connectivity index (χ4v) is 1.60. The summed E-state index contributed by atoms with van der Waals surface area (Å²) in [6, 6.07) is 13.0. The minimum absolute atomic E-state index is 0.321. The van der Waals surface area contributed by atoms with E-state index in [-0.39, 0.29) is 5.91 Å². The first-order valence-electron chi connectivity index (χ1n) is 6.20. The van der Waals surface area contributed by atoms with Gasteiger partial charge < -0.3 is 10.1 Å². The summed E-state index contributed by atoms with van der Waals surface area (Å²) in [7, 11) is 0. The van der Waals surface area contributed by atoms with Gasteiger partial charge >= 0.3 is 12.5 Å². The highest BCUT2D eigenvalue weighted by Gasteiger charge is 2.43. The lowest BCUT2D eigenvalue weighted by Gasteiger charge is -2.16. The van der Waals surface area contributed by atoms with Gasteiger partial charge in [0.15, 0.2) is 0 Å². The van der Waals surface area contributed by atoms with Gasteiger partial charge in [-0.05, 0) is 36.4 Å². The van der Waals surface area contributed by atoms with Gasteiger partial charge in [0.2, 0.25) is 0 Å². The number of ether oxygens (including phenoxy) is 1. The van der Waals surface area contributed by atoms with Crippen LogP contribution in [0.3, 0.4) is 0 Å². The molecule has 0 aliphatic heterocycles. The second-order valence-electron chi connectivity index (χ2n) is 4.31. The molecule has 0 saturated heterocycles. The number of rotatable bonds is 5. The lowest BCUT2D eigenvalue weighted by atomic mass is 10.2. The summed E-state index contributed by atoms with van der Waals surface area (Å²) in [5.74, 6) is -0.810. The van der Waals surface area contributed by atoms with Crippen LogP contribution >= 0.6 is 0 Å². The first-order chi connectivity index (χ1) is 10.4. The summed E-state index contributed by atoms with van der Waals surface area (Å²) in [4.78, 5) is 11.9. The Balaban J connectivity index is 2.02. The molecule has 116 valence electrons. The average molecular weight is 313 g/mol. The van der Waals surface area contributed by atoms with Crippen molar-refractivity contribution in [3.8, 4) is 5.75 Å². The Hall–Kier alpha value is -2.57. The molecule has 0 aromatic heterocycles. The third-order valence-electron chi connectivity index (χ3n) is 2.66. The largest absolute Gasteiger partial charge is 0.461 e. The SMILES string of the molecule is O=C(Nc1ccc(OC(F)(F)C(F)F)cc1)c1ccccc1. The fraction of sp³-hybridized carbons (Fsp3) is 0.133. The molecule has 2 aromatic rings. The van der Waals surface area contributed by atoms with Gasteiger partial charge in [-0.15, -0.1) is 0 Å². The van der Waals surface area contributed by atoms with Gasteiger partial charge in [0.25, 0.3) is 5.91 Å². The molecule has 0 aliphatic carbocycles. The zero-order valence-electron chi connectivity index (χ0n) is 11.1. The number of nitrogens with one attached hydrogen (secondary N) is 1. The summed E-state index contributed by atoms with van der Waals surface area (Å²) in [6.45, 7) is 0. The molecule has 0 radical (unpaired) electrons. The number of halogens is 4. The van der Waals surface area contributed by atoms with Gasteiger partial charge in [-0.1, -0.05) is 18.2 Å². The van der Waals surface area contributed by atoms with Crippen LogP contribution in [0.25, 0.3) is 0 Å². The van der Waals surface area contributed by atoms with Gasteiger partial charge in [-0.25, -0.2) is 0 Å². The minimum Gasteiger partial charge on any atom is -0.428 e. The van der Waals surface area contributed by atoms with E-state index in [1.165, 1.54) is 12.1 Å². The molecule has 22 heavy (non-hydrogen) atoms. The lowest BCUT2D eigenvalue weighted by molar-refractivity contribution is -0.253. The van der Waals surface area contributed by atoms with Gasteiger partial charge in [-0.3, -0.25) is 4.79 Å². The third-order valence-corrected chi connectivity index (χ3v) is 2.66. The number of benzene rings is 2. The molecule has 0 saturated carbocycles. The second-order valence-corrected chi connectivity index (χ2v) is 4.31. The smallest absolute Gasteiger partial charge is 0.428 e. The zero-order chi connectivity index (χ0) is 16.2. The van der Waals surface area contributed by atoms with Crippen molar-refractivity contribution in [1.82, 2.24) is 0 Å². The van der Waals surface area contributed by atoms with E-state index >= 15 is 0 Å². The summed E-state index contributed by atoms with van der Waals surface area (Å²) in [5.41, 5.74) is 0.744. The van der Waals surface area contributed by atoms with Gasteiger partial charge in [0.1, 0.15) is 5.75 Å². The van der Waals surface area contributed by atoms with Gasteiger partial charge in [0, 0.05) is 11.3 Å². The lowest BCUT2D eigenvalue weighted by Crippen LogP contribution is -2.33. The van der Waals surface area contributed by atoms with Crippen molar-refractivity contribution < 1.29 is 27.1 Å². The molecule has 1 N–H and O–H groups in total. The first kappa shape index (κ1) is 15.8. The van der Waals surface area contributed by atoms with E-state index in [9.17, 15) is 22.4 Å². The Bertz CT molecular complexity index is 630. The Morgan fingerprint density at radius 3 is 2.14 bits per heavy atom. The van der Waals surface area contributed by atoms with E-state index in [0.717, 1.165) is 12.1 Å². The number of carbonyl (C=O) groups is 1. The van der Waals surface area contributed by atoms with Gasteiger partial charge in [-0.2, -0.15) is 17.6 Å². The van der Waals surface area contributed by atoms with E-state index in [1.54, 1.807) is 30.3 Å². The molecule has 2 rings (SSSR count). The monoisotopic (exact) mass is 313 g/mol. The van der Waals surface area contributed by atoms with Crippen LogP contribution in [-0.2, 0) is 0 Å². The van der Waals surface area contributed by atoms with Crippen LogP contribution in [0, 0.1) is 0 Å².